The normalized spacial score (nSPS) is 18.6. The highest BCUT2D eigenvalue weighted by molar-refractivity contribution is 7.99. The second kappa shape index (κ2) is 8.54. The Labute approximate surface area is 192 Å². The molecule has 0 radical (unpaired) electrons. The van der Waals surface area contributed by atoms with Gasteiger partial charge in [-0.2, -0.15) is 0 Å². The van der Waals surface area contributed by atoms with E-state index in [4.69, 9.17) is 9.47 Å². The van der Waals surface area contributed by atoms with Crippen molar-refractivity contribution in [3.63, 3.8) is 0 Å². The number of ketones is 1. The van der Waals surface area contributed by atoms with E-state index in [-0.39, 0.29) is 35.1 Å². The van der Waals surface area contributed by atoms with E-state index in [2.05, 4.69) is 22.2 Å². The second-order valence-corrected chi connectivity index (χ2v) is 9.17. The van der Waals surface area contributed by atoms with Gasteiger partial charge < -0.3 is 19.8 Å². The maximum atomic E-state index is 13.3. The van der Waals surface area contributed by atoms with Crippen molar-refractivity contribution in [2.75, 3.05) is 17.9 Å². The summed E-state index contributed by atoms with van der Waals surface area (Å²) in [5, 5.41) is 15.7. The number of anilines is 1. The molecule has 3 heterocycles. The van der Waals surface area contributed by atoms with Crippen LogP contribution in [0.2, 0.25) is 0 Å². The molecule has 0 fully saturated rings. The van der Waals surface area contributed by atoms with Gasteiger partial charge in [0, 0.05) is 29.0 Å². The molecule has 1 aromatic heterocycles. The summed E-state index contributed by atoms with van der Waals surface area (Å²) in [7, 11) is 0. The molecule has 1 aliphatic carbocycles. The van der Waals surface area contributed by atoms with Crippen LogP contribution in [0.15, 0.2) is 33.4 Å². The van der Waals surface area contributed by atoms with Gasteiger partial charge >= 0.3 is 0 Å². The summed E-state index contributed by atoms with van der Waals surface area (Å²) >= 11 is 1.45. The molecule has 2 aliphatic heterocycles. The smallest absolute Gasteiger partial charge is 0.277 e. The first-order chi connectivity index (χ1) is 16.0. The van der Waals surface area contributed by atoms with Crippen LogP contribution >= 0.6 is 11.8 Å². The molecule has 11 heteroatoms. The molecule has 0 spiro atoms. The lowest BCUT2D eigenvalue weighted by atomic mass is 9.76. The number of aromatic amines is 1. The number of thioether (sulfide) groups is 1. The number of nitrogens with one attached hydrogen (secondary N) is 2. The highest BCUT2D eigenvalue weighted by Gasteiger charge is 2.41. The number of hydrogen-bond donors (Lipinski definition) is 2. The van der Waals surface area contributed by atoms with Crippen molar-refractivity contribution in [2.45, 2.75) is 50.1 Å². The van der Waals surface area contributed by atoms with Gasteiger partial charge in [0.1, 0.15) is 5.82 Å². The lowest BCUT2D eigenvalue weighted by Gasteiger charge is -2.32. The summed E-state index contributed by atoms with van der Waals surface area (Å²) in [6.45, 7) is 2.04. The van der Waals surface area contributed by atoms with Gasteiger partial charge in [-0.1, -0.05) is 25.1 Å². The number of nitrogens with zero attached hydrogens (tertiary/aromatic N) is 2. The van der Waals surface area contributed by atoms with Gasteiger partial charge in [0.15, 0.2) is 22.4 Å². The van der Waals surface area contributed by atoms with Gasteiger partial charge in [0.05, 0.1) is 22.5 Å². The van der Waals surface area contributed by atoms with Crippen molar-refractivity contribution in [2.24, 2.45) is 0 Å². The molecule has 0 amide bonds. The number of allylic oxidation sites excluding steroid dienone is 2. The number of carbonyl (C=O) groups excluding carboxylic acids is 1. The molecule has 5 rings (SSSR count). The Morgan fingerprint density at radius 3 is 2.79 bits per heavy atom. The number of aromatic nitrogens is 2. The molecule has 0 saturated carbocycles. The maximum Gasteiger partial charge on any atom is 0.277 e. The van der Waals surface area contributed by atoms with E-state index < -0.39 is 16.4 Å². The van der Waals surface area contributed by atoms with Crippen LogP contribution in [-0.4, -0.2) is 33.2 Å². The molecule has 2 N–H and O–H groups in total. The predicted octanol–water partition coefficient (Wildman–Crippen LogP) is 3.86. The fraction of sp³-hybridized carbons (Fsp3) is 0.409. The van der Waals surface area contributed by atoms with Gasteiger partial charge in [0.25, 0.3) is 11.2 Å². The first kappa shape index (κ1) is 21.5. The van der Waals surface area contributed by atoms with Gasteiger partial charge in [-0.15, -0.1) is 0 Å². The number of nitro benzene ring substituents is 1. The molecule has 1 unspecified atom stereocenters. The second-order valence-electron chi connectivity index (χ2n) is 8.08. The van der Waals surface area contributed by atoms with Crippen molar-refractivity contribution < 1.29 is 19.2 Å². The van der Waals surface area contributed by atoms with Crippen LogP contribution in [0.1, 0.15) is 56.1 Å². The van der Waals surface area contributed by atoms with E-state index in [1.807, 2.05) is 0 Å². The number of Topliss-reactive ketones (excluding diaryl/α,β-unsaturated/α-hetero) is 1. The minimum atomic E-state index is -0.926. The first-order valence-electron chi connectivity index (χ1n) is 10.9. The molecular formula is C22H22N4O6S. The Morgan fingerprint density at radius 2 is 2.03 bits per heavy atom. The molecular weight excluding hydrogens is 448 g/mol. The molecule has 2 aromatic rings. The third-order valence-electron chi connectivity index (χ3n) is 6.00. The Bertz CT molecular complexity index is 1250. The fourth-order valence-electron chi connectivity index (χ4n) is 4.47. The summed E-state index contributed by atoms with van der Waals surface area (Å²) in [5.41, 5.74) is 0.809. The molecule has 0 saturated heterocycles. The summed E-state index contributed by atoms with van der Waals surface area (Å²) in [6.07, 6.45) is 3.59. The average Bonchev–Trinajstić information content (AvgIpc) is 3.25. The van der Waals surface area contributed by atoms with Crippen LogP contribution in [0.25, 0.3) is 0 Å². The Balaban J connectivity index is 1.71. The van der Waals surface area contributed by atoms with Gasteiger partial charge in [-0.05, 0) is 25.3 Å². The Hall–Kier alpha value is -3.34. The Kier molecular flexibility index (Phi) is 5.57. The number of H-pyrrole nitrogens is 1. The highest BCUT2D eigenvalue weighted by atomic mass is 32.2. The van der Waals surface area contributed by atoms with Crippen molar-refractivity contribution in [3.8, 4) is 11.5 Å². The van der Waals surface area contributed by atoms with E-state index in [1.54, 1.807) is 0 Å². The van der Waals surface area contributed by atoms with Crippen LogP contribution in [0.4, 0.5) is 11.5 Å². The van der Waals surface area contributed by atoms with Crippen LogP contribution in [0, 0.1) is 10.1 Å². The van der Waals surface area contributed by atoms with Gasteiger partial charge in [-0.25, -0.2) is 4.98 Å². The first-order valence-corrected chi connectivity index (χ1v) is 11.8. The predicted molar refractivity (Wildman–Crippen MR) is 121 cm³/mol. The third kappa shape index (κ3) is 3.75. The molecule has 3 aliphatic rings. The number of rotatable bonds is 6. The van der Waals surface area contributed by atoms with Gasteiger partial charge in [-0.3, -0.25) is 19.7 Å². The largest absolute Gasteiger partial charge is 0.454 e. The highest BCUT2D eigenvalue weighted by Crippen LogP contribution is 2.49. The molecule has 1 atom stereocenters. The monoisotopic (exact) mass is 470 g/mol. The topological polar surface area (TPSA) is 136 Å². The maximum absolute atomic E-state index is 13.3. The molecule has 33 heavy (non-hydrogen) atoms. The average molecular weight is 471 g/mol. The van der Waals surface area contributed by atoms with Crippen molar-refractivity contribution in [3.05, 3.63) is 55.0 Å². The van der Waals surface area contributed by atoms with Crippen LogP contribution in [-0.2, 0) is 4.79 Å². The minimum absolute atomic E-state index is 0.0495. The van der Waals surface area contributed by atoms with Crippen molar-refractivity contribution in [1.29, 1.82) is 0 Å². The number of carbonyl (C=O) groups is 1. The molecule has 172 valence electrons. The lowest BCUT2D eigenvalue weighted by Crippen LogP contribution is -2.33. The summed E-state index contributed by atoms with van der Waals surface area (Å²) < 4.78 is 10.8. The van der Waals surface area contributed by atoms with Crippen LogP contribution in [0.3, 0.4) is 0 Å². The van der Waals surface area contributed by atoms with E-state index in [9.17, 15) is 19.7 Å². The van der Waals surface area contributed by atoms with Crippen molar-refractivity contribution >= 4 is 29.1 Å². The molecule has 1 aromatic carbocycles. The number of benzene rings is 1. The van der Waals surface area contributed by atoms with E-state index >= 15 is 0 Å². The van der Waals surface area contributed by atoms with Crippen LogP contribution in [0.5, 0.6) is 11.5 Å². The van der Waals surface area contributed by atoms with E-state index in [0.29, 0.717) is 47.3 Å². The number of unbranched alkanes of at least 4 members (excludes halogenated alkanes) is 1. The standard InChI is InChI=1S/C22H22N4O6S/c1-2-3-7-33-22-24-20-19(21(28)25-22)17(18-12(23-20)5-4-6-14(18)27)11-8-15-16(32-10-31-15)9-13(11)26(29)30/h8-9,17H,2-7,10H2,1H3,(H2,23,24,25,28). The molecule has 10 nitrogen and oxygen atoms in total. The fourth-order valence-corrected chi connectivity index (χ4v) is 5.42. The van der Waals surface area contributed by atoms with E-state index in [1.165, 1.54) is 23.9 Å². The number of ether oxygens (including phenoxy) is 2. The zero-order valence-electron chi connectivity index (χ0n) is 17.9. The summed E-state index contributed by atoms with van der Waals surface area (Å²) in [5.74, 6) is 0.692. The number of nitro groups is 1. The zero-order valence-corrected chi connectivity index (χ0v) is 18.8. The quantitative estimate of drug-likeness (QED) is 0.212. The minimum Gasteiger partial charge on any atom is -0.454 e. The van der Waals surface area contributed by atoms with E-state index in [0.717, 1.165) is 18.6 Å². The number of hydrogen-bond acceptors (Lipinski definition) is 9. The Morgan fingerprint density at radius 1 is 1.24 bits per heavy atom. The summed E-state index contributed by atoms with van der Waals surface area (Å²) in [6, 6.07) is 2.81. The number of fused-ring (bicyclic) bond motifs is 2. The van der Waals surface area contributed by atoms with Crippen molar-refractivity contribution in [1.82, 2.24) is 9.97 Å². The lowest BCUT2D eigenvalue weighted by molar-refractivity contribution is -0.385. The van der Waals surface area contributed by atoms with Gasteiger partial charge in [0.2, 0.25) is 6.79 Å². The summed E-state index contributed by atoms with van der Waals surface area (Å²) in [4.78, 5) is 45.2. The van der Waals surface area contributed by atoms with Crippen LogP contribution < -0.4 is 20.3 Å². The third-order valence-corrected chi connectivity index (χ3v) is 6.96. The SMILES string of the molecule is CCCCSc1nc2c(c(=O)[nH]1)C(c1cc3c(cc1[N+](=O)[O-])OCO3)C1=C(CCCC1=O)N2. The molecule has 0 bridgehead atoms. The zero-order chi connectivity index (χ0) is 23.1.